The highest BCUT2D eigenvalue weighted by atomic mass is 35.5. The van der Waals surface area contributed by atoms with Crippen molar-refractivity contribution in [2.75, 3.05) is 13.1 Å². The number of hydrogen-bond donors (Lipinski definition) is 8. The smallest absolute Gasteiger partial charge is 0.245 e. The molecule has 0 bridgehead atoms. The number of nitrogens with one attached hydrogen (secondary N) is 4. The van der Waals surface area contributed by atoms with E-state index in [1.807, 2.05) is 0 Å². The molecule has 2 aromatic carbocycles. The summed E-state index contributed by atoms with van der Waals surface area (Å²) in [5, 5.41) is 21.5. The Balaban J connectivity index is 1.50. The molecule has 1 saturated heterocycles. The fourth-order valence-electron chi connectivity index (χ4n) is 7.30. The van der Waals surface area contributed by atoms with Crippen LogP contribution in [0.2, 0.25) is 10.0 Å². The third-order valence-electron chi connectivity index (χ3n) is 10.5. The number of likely N-dealkylation sites (tertiary alicyclic amines) is 1. The lowest BCUT2D eigenvalue weighted by Gasteiger charge is -2.42. The number of guanidine groups is 1. The van der Waals surface area contributed by atoms with Crippen molar-refractivity contribution in [2.45, 2.75) is 114 Å². The molecule has 0 spiro atoms. The first-order chi connectivity index (χ1) is 27.6. The first kappa shape index (κ1) is 45.6. The highest BCUT2D eigenvalue weighted by Crippen LogP contribution is 2.30. The number of nitrogens with zero attached hydrogens (tertiary/aromatic N) is 2. The monoisotopic (exact) mass is 843 g/mol. The molecule has 0 radical (unpaired) electrons. The van der Waals surface area contributed by atoms with Gasteiger partial charge in [0.2, 0.25) is 35.4 Å². The van der Waals surface area contributed by atoms with E-state index in [2.05, 4.69) is 26.3 Å². The van der Waals surface area contributed by atoms with Crippen molar-refractivity contribution in [2.24, 2.45) is 28.1 Å². The van der Waals surface area contributed by atoms with Crippen LogP contribution in [-0.2, 0) is 41.6 Å². The number of aromatic hydroxyl groups is 1. The number of hydrogen-bond acceptors (Lipinski definition) is 8. The standard InChI is InChI=1S/C40H55Cl2N9O7/c1-23(52)47-31(22-26-12-15-28(41)29(42)19-26)36(55)50-33(21-24-7-3-2-4-8-24)39(58)51-18-16-34(51)38(57)49-32(20-25-10-13-27(53)14-11-25)37(56)48-30(35(43)54)9-5-6-17-46-40(44)45/h10-15,19,24,30-34,53H,2-9,16-18,20-22H2,1H3,(H2,43,54)(H,47,52)(H,48,56)(H,49,57)(H,50,55)(H4,44,45,46)/t30-,31-,32+,33+,34-/m0/s1. The summed E-state index contributed by atoms with van der Waals surface area (Å²) in [7, 11) is 0. The maximum atomic E-state index is 14.3. The zero-order valence-electron chi connectivity index (χ0n) is 32.7. The van der Waals surface area contributed by atoms with Crippen LogP contribution in [0.5, 0.6) is 5.75 Å². The molecule has 2 fully saturated rings. The molecule has 5 atom stereocenters. The summed E-state index contributed by atoms with van der Waals surface area (Å²) in [5.41, 5.74) is 17.6. The molecular weight excluding hydrogens is 789 g/mol. The Morgan fingerprint density at radius 2 is 1.40 bits per heavy atom. The Bertz CT molecular complexity index is 1800. The van der Waals surface area contributed by atoms with E-state index < -0.39 is 65.7 Å². The van der Waals surface area contributed by atoms with Crippen molar-refractivity contribution in [1.82, 2.24) is 26.2 Å². The van der Waals surface area contributed by atoms with Crippen LogP contribution in [0.15, 0.2) is 47.5 Å². The number of rotatable bonds is 20. The Labute approximate surface area is 348 Å². The SMILES string of the molecule is CC(=O)N[C@@H](Cc1ccc(Cl)c(Cl)c1)C(=O)N[C@H](CC1CCCCC1)C(=O)N1CC[C@H]1C(=O)N[C@H](Cc1ccc(O)cc1)C(=O)N[C@@H](CCCCN=C(N)N)C(N)=O. The van der Waals surface area contributed by atoms with E-state index >= 15 is 0 Å². The van der Waals surface area contributed by atoms with Gasteiger partial charge in [-0.05, 0) is 73.4 Å². The molecule has 1 saturated carbocycles. The summed E-state index contributed by atoms with van der Waals surface area (Å²) >= 11 is 12.3. The predicted octanol–water partition coefficient (Wildman–Crippen LogP) is 1.94. The van der Waals surface area contributed by atoms with E-state index in [-0.39, 0.29) is 43.4 Å². The van der Waals surface area contributed by atoms with Crippen LogP contribution < -0.4 is 38.5 Å². The van der Waals surface area contributed by atoms with Crippen LogP contribution in [0.4, 0.5) is 0 Å². The zero-order valence-corrected chi connectivity index (χ0v) is 34.2. The van der Waals surface area contributed by atoms with E-state index in [0.717, 1.165) is 32.1 Å². The lowest BCUT2D eigenvalue weighted by Crippen LogP contribution is -2.65. The Hall–Kier alpha value is -5.09. The quantitative estimate of drug-likeness (QED) is 0.0549. The minimum atomic E-state index is -1.18. The number of phenols is 1. The maximum Gasteiger partial charge on any atom is 0.245 e. The maximum absolute atomic E-state index is 14.3. The van der Waals surface area contributed by atoms with E-state index in [9.17, 15) is 33.9 Å². The van der Waals surface area contributed by atoms with Crippen LogP contribution in [0.1, 0.15) is 82.3 Å². The summed E-state index contributed by atoms with van der Waals surface area (Å²) in [6.07, 6.45) is 6.80. The number of phenolic OH excluding ortho intramolecular Hbond substituents is 1. The fraction of sp³-hybridized carbons (Fsp3) is 0.525. The summed E-state index contributed by atoms with van der Waals surface area (Å²) in [6.45, 7) is 1.87. The first-order valence-corrected chi connectivity index (χ1v) is 20.4. The van der Waals surface area contributed by atoms with Crippen LogP contribution in [0, 0.1) is 5.92 Å². The number of aliphatic imine (C=N–C) groups is 1. The summed E-state index contributed by atoms with van der Waals surface area (Å²) in [5.74, 6) is -3.36. The van der Waals surface area contributed by atoms with Crippen molar-refractivity contribution in [3.05, 3.63) is 63.6 Å². The second-order valence-corrected chi connectivity index (χ2v) is 15.9. The van der Waals surface area contributed by atoms with Gasteiger partial charge in [0.15, 0.2) is 5.96 Å². The van der Waals surface area contributed by atoms with Gasteiger partial charge in [-0.1, -0.05) is 73.5 Å². The topological polar surface area (TPSA) is 264 Å². The van der Waals surface area contributed by atoms with Gasteiger partial charge < -0.3 is 48.5 Å². The Kier molecular flexibility index (Phi) is 17.4. The molecule has 0 unspecified atom stereocenters. The minimum absolute atomic E-state index is 0.00176. The predicted molar refractivity (Wildman–Crippen MR) is 220 cm³/mol. The summed E-state index contributed by atoms with van der Waals surface area (Å²) < 4.78 is 0. The Morgan fingerprint density at radius 1 is 0.776 bits per heavy atom. The van der Waals surface area contributed by atoms with Crippen molar-refractivity contribution >= 4 is 64.6 Å². The first-order valence-electron chi connectivity index (χ1n) is 19.7. The van der Waals surface area contributed by atoms with Gasteiger partial charge in [-0.15, -0.1) is 0 Å². The Morgan fingerprint density at radius 3 is 1.98 bits per heavy atom. The van der Waals surface area contributed by atoms with Gasteiger partial charge in [0, 0.05) is 32.9 Å². The van der Waals surface area contributed by atoms with E-state index in [1.54, 1.807) is 30.3 Å². The number of carbonyl (C=O) groups excluding carboxylic acids is 6. The van der Waals surface area contributed by atoms with Crippen LogP contribution >= 0.6 is 23.2 Å². The summed E-state index contributed by atoms with van der Waals surface area (Å²) in [6, 6.07) is 5.81. The van der Waals surface area contributed by atoms with Crippen molar-refractivity contribution in [3.63, 3.8) is 0 Å². The number of halogens is 2. The number of unbranched alkanes of at least 4 members (excludes halogenated alkanes) is 1. The average Bonchev–Trinajstić information content (AvgIpc) is 3.15. The molecule has 6 amide bonds. The second-order valence-electron chi connectivity index (χ2n) is 15.0. The average molecular weight is 845 g/mol. The van der Waals surface area contributed by atoms with Gasteiger partial charge in [0.05, 0.1) is 10.0 Å². The van der Waals surface area contributed by atoms with Gasteiger partial charge in [-0.25, -0.2) is 0 Å². The van der Waals surface area contributed by atoms with Crippen molar-refractivity contribution in [1.29, 1.82) is 0 Å². The number of primary amides is 1. The molecule has 2 aromatic rings. The third-order valence-corrected chi connectivity index (χ3v) is 11.2. The number of nitrogens with two attached hydrogens (primary N) is 3. The molecular formula is C40H55Cl2N9O7. The van der Waals surface area contributed by atoms with Crippen molar-refractivity contribution < 1.29 is 33.9 Å². The van der Waals surface area contributed by atoms with E-state index in [1.165, 1.54) is 24.0 Å². The number of carbonyl (C=O) groups is 6. The highest BCUT2D eigenvalue weighted by molar-refractivity contribution is 6.42. The number of amides is 6. The molecule has 16 nitrogen and oxygen atoms in total. The molecule has 11 N–H and O–H groups in total. The molecule has 4 rings (SSSR count). The van der Waals surface area contributed by atoms with Crippen LogP contribution in [0.25, 0.3) is 0 Å². The zero-order chi connectivity index (χ0) is 42.4. The third kappa shape index (κ3) is 14.1. The molecule has 316 valence electrons. The van der Waals surface area contributed by atoms with Gasteiger partial charge >= 0.3 is 0 Å². The molecule has 2 aliphatic rings. The van der Waals surface area contributed by atoms with Gasteiger partial charge in [-0.2, -0.15) is 0 Å². The van der Waals surface area contributed by atoms with Crippen molar-refractivity contribution in [3.8, 4) is 5.75 Å². The second kappa shape index (κ2) is 22.2. The summed E-state index contributed by atoms with van der Waals surface area (Å²) in [4.78, 5) is 85.7. The molecule has 18 heteroatoms. The van der Waals surface area contributed by atoms with E-state index in [0.29, 0.717) is 53.4 Å². The fourth-order valence-corrected chi connectivity index (χ4v) is 7.62. The van der Waals surface area contributed by atoms with Crippen LogP contribution in [-0.4, -0.2) is 94.7 Å². The molecule has 1 aliphatic heterocycles. The van der Waals surface area contributed by atoms with Gasteiger partial charge in [0.25, 0.3) is 0 Å². The normalized spacial score (nSPS) is 17.4. The molecule has 58 heavy (non-hydrogen) atoms. The van der Waals surface area contributed by atoms with Gasteiger partial charge in [-0.3, -0.25) is 33.8 Å². The molecule has 1 heterocycles. The van der Waals surface area contributed by atoms with Gasteiger partial charge in [0.1, 0.15) is 36.0 Å². The highest BCUT2D eigenvalue weighted by Gasteiger charge is 2.43. The molecule has 0 aromatic heterocycles. The minimum Gasteiger partial charge on any atom is -0.508 e. The number of benzene rings is 2. The lowest BCUT2D eigenvalue weighted by atomic mass is 9.84. The van der Waals surface area contributed by atoms with E-state index in [4.69, 9.17) is 40.4 Å². The molecule has 1 aliphatic carbocycles. The largest absolute Gasteiger partial charge is 0.508 e. The van der Waals surface area contributed by atoms with Crippen LogP contribution in [0.3, 0.4) is 0 Å². The lowest BCUT2D eigenvalue weighted by molar-refractivity contribution is -0.151.